The van der Waals surface area contributed by atoms with Crippen molar-refractivity contribution < 1.29 is 14.3 Å². The third-order valence-corrected chi connectivity index (χ3v) is 1.69. The van der Waals surface area contributed by atoms with Crippen LogP contribution in [0.3, 0.4) is 0 Å². The minimum atomic E-state index is -0.424. The molecule has 14 heavy (non-hydrogen) atoms. The van der Waals surface area contributed by atoms with Crippen molar-refractivity contribution in [1.82, 2.24) is 10.6 Å². The lowest BCUT2D eigenvalue weighted by atomic mass is 10.3. The lowest BCUT2D eigenvalue weighted by Crippen LogP contribution is -2.42. The Bertz CT molecular complexity index is 194. The average molecular weight is 202 g/mol. The van der Waals surface area contributed by atoms with Gasteiger partial charge in [-0.05, 0) is 20.3 Å². The Morgan fingerprint density at radius 3 is 2.50 bits per heavy atom. The van der Waals surface area contributed by atoms with Crippen molar-refractivity contribution in [3.63, 3.8) is 0 Å². The van der Waals surface area contributed by atoms with Crippen molar-refractivity contribution in [1.29, 1.82) is 0 Å². The van der Waals surface area contributed by atoms with Gasteiger partial charge in [0.1, 0.15) is 6.54 Å². The molecule has 0 bridgehead atoms. The van der Waals surface area contributed by atoms with E-state index < -0.39 is 5.97 Å². The van der Waals surface area contributed by atoms with Crippen molar-refractivity contribution in [2.75, 3.05) is 13.2 Å². The smallest absolute Gasteiger partial charge is 0.325 e. The van der Waals surface area contributed by atoms with Crippen LogP contribution in [0.4, 0.5) is 4.79 Å². The molecule has 0 saturated heterocycles. The molecule has 0 aromatic rings. The first-order valence-corrected chi connectivity index (χ1v) is 4.80. The van der Waals surface area contributed by atoms with Crippen molar-refractivity contribution >= 4 is 12.0 Å². The third kappa shape index (κ3) is 6.28. The van der Waals surface area contributed by atoms with Crippen LogP contribution in [0.5, 0.6) is 0 Å². The quantitative estimate of drug-likeness (QED) is 0.643. The summed E-state index contributed by atoms with van der Waals surface area (Å²) in [6, 6.07) is -0.232. The number of ether oxygens (including phenoxy) is 1. The Morgan fingerprint density at radius 1 is 1.36 bits per heavy atom. The zero-order valence-electron chi connectivity index (χ0n) is 8.92. The molecule has 1 atom stereocenters. The van der Waals surface area contributed by atoms with E-state index in [0.717, 1.165) is 6.42 Å². The van der Waals surface area contributed by atoms with E-state index in [4.69, 9.17) is 0 Å². The average Bonchev–Trinajstić information content (AvgIpc) is 2.15. The monoisotopic (exact) mass is 202 g/mol. The third-order valence-electron chi connectivity index (χ3n) is 1.69. The number of urea groups is 1. The van der Waals surface area contributed by atoms with E-state index in [2.05, 4.69) is 15.4 Å². The highest BCUT2D eigenvalue weighted by Crippen LogP contribution is 1.86. The molecule has 0 heterocycles. The molecule has 0 rings (SSSR count). The largest absolute Gasteiger partial charge is 0.465 e. The molecule has 0 fully saturated rings. The maximum Gasteiger partial charge on any atom is 0.325 e. The molecule has 0 aliphatic heterocycles. The molecule has 0 aromatic carbocycles. The summed E-state index contributed by atoms with van der Waals surface area (Å²) in [6.07, 6.45) is 0.854. The number of hydrogen-bond donors (Lipinski definition) is 2. The SMILES string of the molecule is CCOC(=O)CNC(=O)NC(C)CC. The predicted octanol–water partition coefficient (Wildman–Crippen LogP) is 0.647. The summed E-state index contributed by atoms with van der Waals surface area (Å²) in [5.74, 6) is -0.424. The Hall–Kier alpha value is -1.26. The summed E-state index contributed by atoms with van der Waals surface area (Å²) in [5, 5.41) is 5.08. The molecule has 0 aliphatic rings. The van der Waals surface area contributed by atoms with E-state index in [0.29, 0.717) is 6.61 Å². The number of amides is 2. The second kappa shape index (κ2) is 7.17. The van der Waals surface area contributed by atoms with Gasteiger partial charge in [0, 0.05) is 6.04 Å². The second-order valence-corrected chi connectivity index (χ2v) is 2.94. The van der Waals surface area contributed by atoms with Crippen LogP contribution in [0, 0.1) is 0 Å². The van der Waals surface area contributed by atoms with Crippen molar-refractivity contribution in [3.8, 4) is 0 Å². The normalized spacial score (nSPS) is 11.6. The van der Waals surface area contributed by atoms with Crippen LogP contribution in [0.2, 0.25) is 0 Å². The van der Waals surface area contributed by atoms with Crippen molar-refractivity contribution in [2.45, 2.75) is 33.2 Å². The van der Waals surface area contributed by atoms with Gasteiger partial charge in [-0.1, -0.05) is 6.92 Å². The Kier molecular flexibility index (Phi) is 6.53. The topological polar surface area (TPSA) is 67.4 Å². The van der Waals surface area contributed by atoms with Crippen LogP contribution in [-0.4, -0.2) is 31.2 Å². The summed E-state index contributed by atoms with van der Waals surface area (Å²) in [6.45, 7) is 5.82. The van der Waals surface area contributed by atoms with Crippen LogP contribution in [-0.2, 0) is 9.53 Å². The molecular weight excluding hydrogens is 184 g/mol. The standard InChI is InChI=1S/C9H18N2O3/c1-4-7(3)11-9(13)10-6-8(12)14-5-2/h7H,4-6H2,1-3H3,(H2,10,11,13). The molecule has 0 saturated carbocycles. The number of carbonyl (C=O) groups is 2. The first-order chi connectivity index (χ1) is 6.60. The van der Waals surface area contributed by atoms with E-state index in [1.807, 2.05) is 13.8 Å². The summed E-state index contributed by atoms with van der Waals surface area (Å²) in [4.78, 5) is 21.9. The molecule has 5 nitrogen and oxygen atoms in total. The van der Waals surface area contributed by atoms with Crippen LogP contribution < -0.4 is 10.6 Å². The number of hydrogen-bond acceptors (Lipinski definition) is 3. The molecule has 0 aliphatic carbocycles. The first kappa shape index (κ1) is 12.7. The number of esters is 1. The van der Waals surface area contributed by atoms with Gasteiger partial charge in [-0.25, -0.2) is 4.79 Å². The van der Waals surface area contributed by atoms with Crippen molar-refractivity contribution in [2.24, 2.45) is 0 Å². The molecule has 0 aromatic heterocycles. The Labute approximate surface area is 84.2 Å². The van der Waals surface area contributed by atoms with E-state index in [1.165, 1.54) is 0 Å². The number of rotatable bonds is 5. The zero-order chi connectivity index (χ0) is 11.0. The van der Waals surface area contributed by atoms with Crippen LogP contribution >= 0.6 is 0 Å². The molecule has 1 unspecified atom stereocenters. The molecular formula is C9H18N2O3. The maximum absolute atomic E-state index is 11.1. The minimum absolute atomic E-state index is 0.0872. The van der Waals surface area contributed by atoms with E-state index >= 15 is 0 Å². The van der Waals surface area contributed by atoms with E-state index in [1.54, 1.807) is 6.92 Å². The highest BCUT2D eigenvalue weighted by Gasteiger charge is 2.07. The van der Waals surface area contributed by atoms with Gasteiger partial charge < -0.3 is 15.4 Å². The summed E-state index contributed by atoms with van der Waals surface area (Å²) in [5.41, 5.74) is 0. The number of nitrogens with one attached hydrogen (secondary N) is 2. The van der Waals surface area contributed by atoms with Crippen LogP contribution in [0.15, 0.2) is 0 Å². The highest BCUT2D eigenvalue weighted by molar-refractivity contribution is 5.80. The van der Waals surface area contributed by atoms with Gasteiger partial charge in [0.25, 0.3) is 0 Å². The van der Waals surface area contributed by atoms with Gasteiger partial charge in [-0.3, -0.25) is 4.79 Å². The lowest BCUT2D eigenvalue weighted by molar-refractivity contribution is -0.141. The maximum atomic E-state index is 11.1. The minimum Gasteiger partial charge on any atom is -0.465 e. The van der Waals surface area contributed by atoms with Gasteiger partial charge >= 0.3 is 12.0 Å². The summed E-state index contributed by atoms with van der Waals surface area (Å²) < 4.78 is 4.64. The Balaban J connectivity index is 3.58. The fourth-order valence-corrected chi connectivity index (χ4v) is 0.741. The predicted molar refractivity (Wildman–Crippen MR) is 52.9 cm³/mol. The molecule has 2 N–H and O–H groups in total. The Morgan fingerprint density at radius 2 is 2.00 bits per heavy atom. The number of carbonyl (C=O) groups excluding carboxylic acids is 2. The van der Waals surface area contributed by atoms with E-state index in [9.17, 15) is 9.59 Å². The van der Waals surface area contributed by atoms with Crippen LogP contribution in [0.25, 0.3) is 0 Å². The second-order valence-electron chi connectivity index (χ2n) is 2.94. The van der Waals surface area contributed by atoms with Gasteiger partial charge in [0.05, 0.1) is 6.61 Å². The zero-order valence-corrected chi connectivity index (χ0v) is 8.92. The van der Waals surface area contributed by atoms with Gasteiger partial charge in [-0.15, -0.1) is 0 Å². The van der Waals surface area contributed by atoms with Gasteiger partial charge in [0.15, 0.2) is 0 Å². The molecule has 82 valence electrons. The van der Waals surface area contributed by atoms with Crippen molar-refractivity contribution in [3.05, 3.63) is 0 Å². The molecule has 5 heteroatoms. The summed E-state index contributed by atoms with van der Waals surface area (Å²) in [7, 11) is 0. The van der Waals surface area contributed by atoms with Crippen LogP contribution in [0.1, 0.15) is 27.2 Å². The highest BCUT2D eigenvalue weighted by atomic mass is 16.5. The fourth-order valence-electron chi connectivity index (χ4n) is 0.741. The molecule has 0 spiro atoms. The first-order valence-electron chi connectivity index (χ1n) is 4.80. The fraction of sp³-hybridized carbons (Fsp3) is 0.778. The lowest BCUT2D eigenvalue weighted by Gasteiger charge is -2.11. The van der Waals surface area contributed by atoms with Gasteiger partial charge in [0.2, 0.25) is 0 Å². The molecule has 0 radical (unpaired) electrons. The summed E-state index contributed by atoms with van der Waals surface area (Å²) >= 11 is 0. The van der Waals surface area contributed by atoms with E-state index in [-0.39, 0.29) is 18.6 Å². The van der Waals surface area contributed by atoms with Gasteiger partial charge in [-0.2, -0.15) is 0 Å². The molecule has 2 amide bonds.